The zero-order valence-corrected chi connectivity index (χ0v) is 11.8. The quantitative estimate of drug-likeness (QED) is 0.871. The zero-order valence-electron chi connectivity index (χ0n) is 11.8. The van der Waals surface area contributed by atoms with E-state index in [1.54, 1.807) is 11.1 Å². The molecule has 3 rings (SSSR count). The third kappa shape index (κ3) is 3.37. The first-order valence-corrected chi connectivity index (χ1v) is 7.91. The zero-order chi connectivity index (χ0) is 13.1. The Morgan fingerprint density at radius 1 is 1.05 bits per heavy atom. The van der Waals surface area contributed by atoms with Crippen molar-refractivity contribution in [2.45, 2.75) is 63.5 Å². The molecule has 1 fully saturated rings. The summed E-state index contributed by atoms with van der Waals surface area (Å²) in [5.74, 6) is 0. The molecule has 0 unspecified atom stereocenters. The summed E-state index contributed by atoms with van der Waals surface area (Å²) in [5, 5.41) is 3.70. The van der Waals surface area contributed by atoms with Crippen LogP contribution in [0.15, 0.2) is 18.2 Å². The van der Waals surface area contributed by atoms with Crippen LogP contribution in [0.4, 0.5) is 0 Å². The van der Waals surface area contributed by atoms with Gasteiger partial charge in [0.25, 0.3) is 0 Å². The van der Waals surface area contributed by atoms with Crippen LogP contribution in [0.2, 0.25) is 0 Å². The van der Waals surface area contributed by atoms with Crippen molar-refractivity contribution < 1.29 is 0 Å². The highest BCUT2D eigenvalue weighted by Gasteiger charge is 2.17. The van der Waals surface area contributed by atoms with Crippen molar-refractivity contribution >= 4 is 0 Å². The van der Waals surface area contributed by atoms with Gasteiger partial charge in [-0.05, 0) is 74.6 Å². The summed E-state index contributed by atoms with van der Waals surface area (Å²) in [6, 6.07) is 8.25. The minimum atomic E-state index is 0.453. The molecule has 0 aliphatic heterocycles. The van der Waals surface area contributed by atoms with Gasteiger partial charge in [0.2, 0.25) is 0 Å². The van der Waals surface area contributed by atoms with Crippen LogP contribution in [-0.2, 0) is 19.3 Å². The summed E-state index contributed by atoms with van der Waals surface area (Å²) in [7, 11) is 0. The lowest BCUT2D eigenvalue weighted by molar-refractivity contribution is 0.344. The molecule has 0 atom stereocenters. The minimum absolute atomic E-state index is 0.453. The van der Waals surface area contributed by atoms with E-state index in [1.807, 2.05) is 0 Å². The summed E-state index contributed by atoms with van der Waals surface area (Å²) >= 11 is 0. The Morgan fingerprint density at radius 3 is 2.68 bits per heavy atom. The number of nitrogens with two attached hydrogens (primary N) is 1. The average Bonchev–Trinajstić information content (AvgIpc) is 2.88. The Hall–Kier alpha value is -0.860. The van der Waals surface area contributed by atoms with Crippen LogP contribution in [0.1, 0.15) is 48.8 Å². The van der Waals surface area contributed by atoms with Crippen molar-refractivity contribution in [3.05, 3.63) is 34.9 Å². The molecule has 1 aromatic carbocycles. The van der Waals surface area contributed by atoms with E-state index in [4.69, 9.17) is 5.73 Å². The first-order chi connectivity index (χ1) is 9.31. The lowest BCUT2D eigenvalue weighted by Crippen LogP contribution is -2.38. The second-order valence-corrected chi connectivity index (χ2v) is 6.27. The van der Waals surface area contributed by atoms with Gasteiger partial charge in [-0.1, -0.05) is 18.2 Å². The van der Waals surface area contributed by atoms with Crippen molar-refractivity contribution in [3.8, 4) is 0 Å². The van der Waals surface area contributed by atoms with Crippen LogP contribution in [0.3, 0.4) is 0 Å². The van der Waals surface area contributed by atoms with Crippen molar-refractivity contribution in [1.82, 2.24) is 5.32 Å². The lowest BCUT2D eigenvalue weighted by Gasteiger charge is -2.27. The number of hydrogen-bond donors (Lipinski definition) is 2. The van der Waals surface area contributed by atoms with Gasteiger partial charge in [0, 0.05) is 12.1 Å². The molecule has 0 bridgehead atoms. The molecule has 0 saturated heterocycles. The number of benzene rings is 1. The largest absolute Gasteiger partial charge is 0.328 e. The summed E-state index contributed by atoms with van der Waals surface area (Å²) in [5.41, 5.74) is 10.6. The fraction of sp³-hybridized carbons (Fsp3) is 0.647. The predicted molar refractivity (Wildman–Crippen MR) is 80.4 cm³/mol. The summed E-state index contributed by atoms with van der Waals surface area (Å²) in [6.45, 7) is 1.11. The van der Waals surface area contributed by atoms with Crippen LogP contribution >= 0.6 is 0 Å². The molecule has 0 aromatic heterocycles. The molecule has 2 aliphatic carbocycles. The number of nitrogens with one attached hydrogen (secondary N) is 1. The second kappa shape index (κ2) is 6.06. The number of hydrogen-bond acceptors (Lipinski definition) is 2. The van der Waals surface area contributed by atoms with Gasteiger partial charge in [0.05, 0.1) is 0 Å². The standard InChI is InChI=1S/C17H26N2/c18-16-6-8-17(9-7-16)19-11-10-13-4-5-14-2-1-3-15(14)12-13/h4-5,12,16-17,19H,1-3,6-11,18H2. The highest BCUT2D eigenvalue weighted by atomic mass is 14.9. The van der Waals surface area contributed by atoms with Gasteiger partial charge in [-0.15, -0.1) is 0 Å². The van der Waals surface area contributed by atoms with Gasteiger partial charge in [-0.2, -0.15) is 0 Å². The van der Waals surface area contributed by atoms with E-state index in [1.165, 1.54) is 50.5 Å². The normalized spacial score (nSPS) is 26.4. The minimum Gasteiger partial charge on any atom is -0.328 e. The smallest absolute Gasteiger partial charge is 0.00683 e. The molecular weight excluding hydrogens is 232 g/mol. The van der Waals surface area contributed by atoms with Crippen molar-refractivity contribution in [3.63, 3.8) is 0 Å². The van der Waals surface area contributed by atoms with E-state index in [2.05, 4.69) is 23.5 Å². The molecule has 3 N–H and O–H groups in total. The van der Waals surface area contributed by atoms with E-state index in [0.717, 1.165) is 13.0 Å². The van der Waals surface area contributed by atoms with Gasteiger partial charge < -0.3 is 11.1 Å². The van der Waals surface area contributed by atoms with Crippen LogP contribution in [0.5, 0.6) is 0 Å². The van der Waals surface area contributed by atoms with E-state index >= 15 is 0 Å². The third-order valence-corrected chi connectivity index (χ3v) is 4.78. The molecule has 2 aliphatic rings. The van der Waals surface area contributed by atoms with Gasteiger partial charge in [-0.3, -0.25) is 0 Å². The van der Waals surface area contributed by atoms with Gasteiger partial charge in [-0.25, -0.2) is 0 Å². The second-order valence-electron chi connectivity index (χ2n) is 6.27. The molecular formula is C17H26N2. The van der Waals surface area contributed by atoms with E-state index in [9.17, 15) is 0 Å². The molecule has 0 radical (unpaired) electrons. The Morgan fingerprint density at radius 2 is 1.84 bits per heavy atom. The Labute approximate surface area is 116 Å². The fourth-order valence-corrected chi connectivity index (χ4v) is 3.52. The summed E-state index contributed by atoms with van der Waals surface area (Å²) < 4.78 is 0. The average molecular weight is 258 g/mol. The van der Waals surface area contributed by atoms with E-state index < -0.39 is 0 Å². The maximum atomic E-state index is 5.94. The van der Waals surface area contributed by atoms with Gasteiger partial charge in [0.1, 0.15) is 0 Å². The molecule has 2 nitrogen and oxygen atoms in total. The molecule has 0 amide bonds. The number of rotatable bonds is 4. The molecule has 0 heterocycles. The van der Waals surface area contributed by atoms with E-state index in [-0.39, 0.29) is 0 Å². The van der Waals surface area contributed by atoms with Crippen molar-refractivity contribution in [2.24, 2.45) is 5.73 Å². The van der Waals surface area contributed by atoms with Gasteiger partial charge in [0.15, 0.2) is 0 Å². The Bertz CT molecular complexity index is 419. The molecule has 1 saturated carbocycles. The predicted octanol–water partition coefficient (Wildman–Crippen LogP) is 2.58. The molecule has 1 aromatic rings. The molecule has 19 heavy (non-hydrogen) atoms. The summed E-state index contributed by atoms with van der Waals surface area (Å²) in [4.78, 5) is 0. The number of fused-ring (bicyclic) bond motifs is 1. The first-order valence-electron chi connectivity index (χ1n) is 7.91. The van der Waals surface area contributed by atoms with Crippen LogP contribution in [0.25, 0.3) is 0 Å². The topological polar surface area (TPSA) is 38.0 Å². The van der Waals surface area contributed by atoms with Crippen LogP contribution in [0, 0.1) is 0 Å². The molecule has 104 valence electrons. The van der Waals surface area contributed by atoms with Crippen LogP contribution < -0.4 is 11.1 Å². The maximum Gasteiger partial charge on any atom is 0.00683 e. The SMILES string of the molecule is NC1CCC(NCCc2ccc3c(c2)CCC3)CC1. The Kier molecular flexibility index (Phi) is 4.19. The lowest BCUT2D eigenvalue weighted by atomic mass is 9.92. The maximum absolute atomic E-state index is 5.94. The highest BCUT2D eigenvalue weighted by Crippen LogP contribution is 2.23. The molecule has 0 spiro atoms. The van der Waals surface area contributed by atoms with Crippen LogP contribution in [-0.4, -0.2) is 18.6 Å². The third-order valence-electron chi connectivity index (χ3n) is 4.78. The Balaban J connectivity index is 1.45. The molecule has 2 heteroatoms. The summed E-state index contributed by atoms with van der Waals surface area (Å²) in [6.07, 6.45) is 9.98. The van der Waals surface area contributed by atoms with E-state index in [0.29, 0.717) is 12.1 Å². The van der Waals surface area contributed by atoms with Crippen molar-refractivity contribution in [2.75, 3.05) is 6.54 Å². The monoisotopic (exact) mass is 258 g/mol. The highest BCUT2D eigenvalue weighted by molar-refractivity contribution is 5.35. The first kappa shape index (κ1) is 13.1. The van der Waals surface area contributed by atoms with Crippen molar-refractivity contribution in [1.29, 1.82) is 0 Å². The number of aryl methyl sites for hydroxylation is 2. The van der Waals surface area contributed by atoms with Gasteiger partial charge >= 0.3 is 0 Å². The fourth-order valence-electron chi connectivity index (χ4n) is 3.52.